The predicted octanol–water partition coefficient (Wildman–Crippen LogP) is 2.81. The van der Waals surface area contributed by atoms with Gasteiger partial charge in [-0.3, -0.25) is 24.5 Å². The minimum Gasteiger partial charge on any atom is -0.325 e. The monoisotopic (exact) mass is 437 g/mol. The molecule has 1 aromatic carbocycles. The normalized spacial score (nSPS) is 12.4. The smallest absolute Gasteiger partial charge is 0.325 e. The second kappa shape index (κ2) is 9.09. The number of nitro benzene ring substituents is 1. The summed E-state index contributed by atoms with van der Waals surface area (Å²) >= 11 is 1.24. The van der Waals surface area contributed by atoms with E-state index in [1.807, 2.05) is 12.1 Å². The lowest BCUT2D eigenvalue weighted by Gasteiger charge is -2.14. The molecular weight excluding hydrogens is 418 g/mol. The number of amides is 1. The molecule has 10 heteroatoms. The maximum atomic E-state index is 12.7. The van der Waals surface area contributed by atoms with Crippen molar-refractivity contribution in [3.8, 4) is 0 Å². The van der Waals surface area contributed by atoms with Crippen molar-refractivity contribution in [2.24, 2.45) is 0 Å². The van der Waals surface area contributed by atoms with Crippen LogP contribution in [0.2, 0.25) is 0 Å². The highest BCUT2D eigenvalue weighted by molar-refractivity contribution is 8.00. The van der Waals surface area contributed by atoms with Crippen molar-refractivity contribution >= 4 is 29.0 Å². The number of thioether (sulfide) groups is 1. The van der Waals surface area contributed by atoms with Crippen LogP contribution in [-0.4, -0.2) is 31.1 Å². The van der Waals surface area contributed by atoms with Crippen molar-refractivity contribution in [2.45, 2.75) is 30.8 Å². The first kappa shape index (κ1) is 20.7. The highest BCUT2D eigenvalue weighted by atomic mass is 32.2. The van der Waals surface area contributed by atoms with Gasteiger partial charge in [0.25, 0.3) is 5.69 Å². The molecule has 0 saturated carbocycles. The van der Waals surface area contributed by atoms with Gasteiger partial charge in [0.15, 0.2) is 0 Å². The summed E-state index contributed by atoms with van der Waals surface area (Å²) < 4.78 is 1.71. The number of nitrogens with one attached hydrogen (secondary N) is 1. The van der Waals surface area contributed by atoms with Crippen LogP contribution < -0.4 is 11.0 Å². The van der Waals surface area contributed by atoms with Crippen LogP contribution in [0.1, 0.15) is 23.2 Å². The number of nitrogens with zero attached hydrogens (tertiary/aromatic N) is 4. The maximum absolute atomic E-state index is 12.7. The number of hydrogen-bond donors (Lipinski definition) is 1. The van der Waals surface area contributed by atoms with Crippen LogP contribution >= 0.6 is 11.8 Å². The van der Waals surface area contributed by atoms with Crippen molar-refractivity contribution in [3.05, 3.63) is 86.2 Å². The van der Waals surface area contributed by atoms with E-state index in [2.05, 4.69) is 15.3 Å². The van der Waals surface area contributed by atoms with Crippen molar-refractivity contribution in [1.82, 2.24) is 14.5 Å². The Kier molecular flexibility index (Phi) is 6.08. The van der Waals surface area contributed by atoms with Crippen LogP contribution in [0.15, 0.2) is 58.6 Å². The van der Waals surface area contributed by atoms with Crippen LogP contribution in [-0.2, 0) is 24.2 Å². The summed E-state index contributed by atoms with van der Waals surface area (Å²) in [6.45, 7) is 0.447. The van der Waals surface area contributed by atoms with Crippen molar-refractivity contribution < 1.29 is 9.72 Å². The van der Waals surface area contributed by atoms with Gasteiger partial charge < -0.3 is 5.32 Å². The molecule has 3 aromatic rings. The Balaban J connectivity index is 1.46. The van der Waals surface area contributed by atoms with Crippen LogP contribution in [0.3, 0.4) is 0 Å². The Morgan fingerprint density at radius 3 is 2.61 bits per heavy atom. The molecule has 0 radical (unpaired) electrons. The van der Waals surface area contributed by atoms with E-state index in [1.165, 1.54) is 36.0 Å². The van der Waals surface area contributed by atoms with E-state index in [0.29, 0.717) is 17.3 Å². The number of pyridine rings is 1. The molecule has 1 N–H and O–H groups in total. The summed E-state index contributed by atoms with van der Waals surface area (Å²) in [4.78, 5) is 43.5. The van der Waals surface area contributed by atoms with Gasteiger partial charge in [-0.1, -0.05) is 11.8 Å². The highest BCUT2D eigenvalue weighted by Crippen LogP contribution is 2.29. The Morgan fingerprint density at radius 2 is 1.90 bits per heavy atom. The fourth-order valence-corrected chi connectivity index (χ4v) is 4.41. The molecule has 0 atom stereocenters. The van der Waals surface area contributed by atoms with Crippen LogP contribution in [0, 0.1) is 10.1 Å². The molecule has 1 aliphatic rings. The number of carbonyl (C=O) groups is 1. The van der Waals surface area contributed by atoms with Crippen molar-refractivity contribution in [3.63, 3.8) is 0 Å². The molecule has 0 fully saturated rings. The highest BCUT2D eigenvalue weighted by Gasteiger charge is 2.22. The molecule has 0 spiro atoms. The van der Waals surface area contributed by atoms with Gasteiger partial charge in [0, 0.05) is 41.5 Å². The standard InChI is InChI=1S/C21H19N5O4S/c27-19(23-15-4-6-16(7-5-15)26(29)30)13-31-20-17-2-1-3-18(17)25(21(28)24-20)12-14-8-10-22-11-9-14/h4-11H,1-3,12-13H2,(H,23,27). The minimum absolute atomic E-state index is 0.0422. The third-order valence-electron chi connectivity index (χ3n) is 4.99. The topological polar surface area (TPSA) is 120 Å². The molecule has 4 rings (SSSR count). The van der Waals surface area contributed by atoms with E-state index in [9.17, 15) is 19.7 Å². The summed E-state index contributed by atoms with van der Waals surface area (Å²) in [7, 11) is 0. The van der Waals surface area contributed by atoms with Gasteiger partial charge in [0.05, 0.1) is 17.2 Å². The first-order chi connectivity index (χ1) is 15.0. The Bertz CT molecular complexity index is 1180. The Labute approximate surface area is 181 Å². The number of benzene rings is 1. The van der Waals surface area contributed by atoms with E-state index < -0.39 is 4.92 Å². The molecule has 0 bridgehead atoms. The zero-order chi connectivity index (χ0) is 21.8. The number of fused-ring (bicyclic) bond motifs is 1. The predicted molar refractivity (Wildman–Crippen MR) is 116 cm³/mol. The van der Waals surface area contributed by atoms with E-state index >= 15 is 0 Å². The average molecular weight is 437 g/mol. The molecule has 0 unspecified atom stereocenters. The second-order valence-corrected chi connectivity index (χ2v) is 8.02. The molecule has 2 aromatic heterocycles. The number of carbonyl (C=O) groups excluding carboxylic acids is 1. The fourth-order valence-electron chi connectivity index (χ4n) is 3.54. The minimum atomic E-state index is -0.495. The largest absolute Gasteiger partial charge is 0.349 e. The molecule has 31 heavy (non-hydrogen) atoms. The number of nitro groups is 1. The summed E-state index contributed by atoms with van der Waals surface area (Å²) in [6.07, 6.45) is 5.97. The van der Waals surface area contributed by atoms with Gasteiger partial charge in [0.2, 0.25) is 5.91 Å². The number of hydrogen-bond acceptors (Lipinski definition) is 7. The summed E-state index contributed by atoms with van der Waals surface area (Å²) in [5, 5.41) is 14.0. The summed E-state index contributed by atoms with van der Waals surface area (Å²) in [5.74, 6) is -0.182. The zero-order valence-electron chi connectivity index (χ0n) is 16.5. The molecule has 9 nitrogen and oxygen atoms in total. The number of rotatable bonds is 7. The zero-order valence-corrected chi connectivity index (χ0v) is 17.3. The van der Waals surface area contributed by atoms with E-state index in [4.69, 9.17) is 0 Å². The van der Waals surface area contributed by atoms with Crippen LogP contribution in [0.4, 0.5) is 11.4 Å². The first-order valence-electron chi connectivity index (χ1n) is 9.70. The van der Waals surface area contributed by atoms with Gasteiger partial charge in [-0.2, -0.15) is 4.98 Å². The molecule has 1 aliphatic carbocycles. The van der Waals surface area contributed by atoms with Gasteiger partial charge >= 0.3 is 5.69 Å². The van der Waals surface area contributed by atoms with Crippen molar-refractivity contribution in [2.75, 3.05) is 11.1 Å². The van der Waals surface area contributed by atoms with Gasteiger partial charge in [0.1, 0.15) is 5.03 Å². The Hall–Kier alpha value is -3.53. The third-order valence-corrected chi connectivity index (χ3v) is 6.01. The molecule has 1 amide bonds. The number of anilines is 1. The number of non-ortho nitro benzene ring substituents is 1. The lowest BCUT2D eigenvalue weighted by Crippen LogP contribution is -2.28. The second-order valence-electron chi connectivity index (χ2n) is 7.06. The lowest BCUT2D eigenvalue weighted by molar-refractivity contribution is -0.384. The third kappa shape index (κ3) is 4.80. The van der Waals surface area contributed by atoms with E-state index in [1.54, 1.807) is 17.0 Å². The molecule has 158 valence electrons. The van der Waals surface area contributed by atoms with Crippen LogP contribution in [0.25, 0.3) is 0 Å². The van der Waals surface area contributed by atoms with E-state index in [0.717, 1.165) is 36.1 Å². The van der Waals surface area contributed by atoms with Crippen molar-refractivity contribution in [1.29, 1.82) is 0 Å². The molecule has 0 aliphatic heterocycles. The van der Waals surface area contributed by atoms with Gasteiger partial charge in [-0.05, 0) is 49.1 Å². The van der Waals surface area contributed by atoms with Gasteiger partial charge in [-0.25, -0.2) is 4.79 Å². The summed E-state index contributed by atoms with van der Waals surface area (Å²) in [6, 6.07) is 9.38. The quantitative estimate of drug-likeness (QED) is 0.261. The van der Waals surface area contributed by atoms with Crippen LogP contribution in [0.5, 0.6) is 0 Å². The Morgan fingerprint density at radius 1 is 1.16 bits per heavy atom. The number of aromatic nitrogens is 3. The molecule has 2 heterocycles. The fraction of sp³-hybridized carbons (Fsp3) is 0.238. The maximum Gasteiger partial charge on any atom is 0.349 e. The first-order valence-corrected chi connectivity index (χ1v) is 10.7. The summed E-state index contributed by atoms with van der Waals surface area (Å²) in [5.41, 5.74) is 3.10. The molecular formula is C21H19N5O4S. The average Bonchev–Trinajstić information content (AvgIpc) is 3.26. The molecule has 0 saturated heterocycles. The lowest BCUT2D eigenvalue weighted by atomic mass is 10.2. The van der Waals surface area contributed by atoms with Gasteiger partial charge in [-0.15, -0.1) is 0 Å². The van der Waals surface area contributed by atoms with E-state index in [-0.39, 0.29) is 23.0 Å². The SMILES string of the molecule is O=C(CSc1nc(=O)n(Cc2ccncc2)c2c1CCC2)Nc1ccc([N+](=O)[O-])cc1.